The highest BCUT2D eigenvalue weighted by Crippen LogP contribution is 2.25. The van der Waals surface area contributed by atoms with Gasteiger partial charge in [-0.15, -0.1) is 0 Å². The molecule has 2 aromatic rings. The van der Waals surface area contributed by atoms with Gasteiger partial charge >= 0.3 is 0 Å². The van der Waals surface area contributed by atoms with Gasteiger partial charge in [0.05, 0.1) is 0 Å². The molecule has 13 nitrogen and oxygen atoms in total. The predicted octanol–water partition coefficient (Wildman–Crippen LogP) is 4.28. The summed E-state index contributed by atoms with van der Waals surface area (Å²) < 4.78 is 1.86. The van der Waals surface area contributed by atoms with Gasteiger partial charge in [-0.1, -0.05) is 78.0 Å². The van der Waals surface area contributed by atoms with Crippen LogP contribution in [-0.4, -0.2) is 88.6 Å². The number of amides is 5. The molecule has 2 saturated heterocycles. The standard InChI is InChI=1S/C34H51N7O5.C8H16O/c1-4-22(2)30-34(46)41-18-12-9-15-28(41)33(45)37-23(3)31(43)38-26(32(44)39-30)19-24-20-40(27-14-8-7-13-25(24)27)21-29(42)36-17-11-6-5-10-16-35;1-3-5-6-7-8(9)4-2/h7-8,13-14,20,22-23,26,28,30H,4-6,9-12,15-19,21,35H2,1-3H3,(H,36,42)(H,37,45)(H,38,43)(H,39,44);3-7H2,1-2H3/t22?,23-,26?,28+,30-;/m0./s1. The molecular formula is C42H67N7O6. The van der Waals surface area contributed by atoms with Crippen LogP contribution in [0.3, 0.4) is 0 Å². The molecule has 1 aromatic carbocycles. The van der Waals surface area contributed by atoms with Gasteiger partial charge in [-0.2, -0.15) is 0 Å². The maximum absolute atomic E-state index is 14.0. The van der Waals surface area contributed by atoms with E-state index in [-0.39, 0.29) is 36.6 Å². The number of Topliss-reactive ketones (excluding diaryl/α,β-unsaturated/α-hetero) is 1. The summed E-state index contributed by atoms with van der Waals surface area (Å²) in [5.74, 6) is -1.49. The summed E-state index contributed by atoms with van der Waals surface area (Å²) in [6.45, 7) is 11.3. The minimum atomic E-state index is -1.02. The molecule has 2 unspecified atom stereocenters. The van der Waals surface area contributed by atoms with E-state index in [0.29, 0.717) is 44.7 Å². The van der Waals surface area contributed by atoms with Gasteiger partial charge in [0.15, 0.2) is 0 Å². The van der Waals surface area contributed by atoms with E-state index >= 15 is 0 Å². The number of ketones is 1. The molecule has 0 spiro atoms. The number of carbonyl (C=O) groups excluding carboxylic acids is 6. The average Bonchev–Trinajstić information content (AvgIpc) is 3.53. The first-order chi connectivity index (χ1) is 26.4. The molecule has 0 radical (unpaired) electrons. The fourth-order valence-corrected chi connectivity index (χ4v) is 7.11. The van der Waals surface area contributed by atoms with Crippen LogP contribution in [0, 0.1) is 5.92 Å². The van der Waals surface area contributed by atoms with E-state index in [1.807, 2.05) is 55.8 Å². The SMILES string of the molecule is CCC(C)[C@@H]1NC(=O)C(Cc2cn(CC(=O)NCCCCCCN)c3ccccc23)NC(=O)[C@H](C)NC(=O)[C@H]2CCCCN2C1=O.CCCCCC(=O)CC. The molecule has 5 atom stereocenters. The van der Waals surface area contributed by atoms with Crippen LogP contribution >= 0.6 is 0 Å². The normalized spacial score (nSPS) is 21.2. The van der Waals surface area contributed by atoms with Crippen LogP contribution in [0.4, 0.5) is 0 Å². The number of benzene rings is 1. The Morgan fingerprint density at radius 3 is 2.36 bits per heavy atom. The maximum Gasteiger partial charge on any atom is 0.246 e. The highest BCUT2D eigenvalue weighted by molar-refractivity contribution is 5.98. The Morgan fingerprint density at radius 2 is 1.65 bits per heavy atom. The van der Waals surface area contributed by atoms with Crippen LogP contribution in [-0.2, 0) is 41.7 Å². The van der Waals surface area contributed by atoms with Crippen LogP contribution in [0.15, 0.2) is 30.5 Å². The van der Waals surface area contributed by atoms with Crippen LogP contribution in [0.1, 0.15) is 124 Å². The second-order valence-electron chi connectivity index (χ2n) is 15.1. The molecule has 2 aliphatic heterocycles. The number of rotatable bonds is 17. The molecule has 0 aliphatic carbocycles. The number of para-hydroxylation sites is 1. The van der Waals surface area contributed by atoms with E-state index < -0.39 is 36.0 Å². The first-order valence-electron chi connectivity index (χ1n) is 20.7. The summed E-state index contributed by atoms with van der Waals surface area (Å²) in [5, 5.41) is 12.4. The molecule has 6 N–H and O–H groups in total. The molecule has 55 heavy (non-hydrogen) atoms. The van der Waals surface area contributed by atoms with Gasteiger partial charge in [0.1, 0.15) is 36.5 Å². The summed E-state index contributed by atoms with van der Waals surface area (Å²) in [6, 6.07) is 4.16. The lowest BCUT2D eigenvalue weighted by molar-refractivity contribution is -0.147. The Labute approximate surface area is 327 Å². The third-order valence-corrected chi connectivity index (χ3v) is 10.8. The van der Waals surface area contributed by atoms with E-state index in [9.17, 15) is 28.8 Å². The van der Waals surface area contributed by atoms with Crippen molar-refractivity contribution in [3.05, 3.63) is 36.0 Å². The summed E-state index contributed by atoms with van der Waals surface area (Å²) in [7, 11) is 0. The summed E-state index contributed by atoms with van der Waals surface area (Å²) in [5.41, 5.74) is 7.16. The number of aromatic nitrogens is 1. The van der Waals surface area contributed by atoms with Gasteiger partial charge in [0.2, 0.25) is 29.5 Å². The van der Waals surface area contributed by atoms with Crippen LogP contribution in [0.25, 0.3) is 10.9 Å². The third kappa shape index (κ3) is 13.8. The van der Waals surface area contributed by atoms with E-state index in [1.165, 1.54) is 12.8 Å². The van der Waals surface area contributed by atoms with Crippen molar-refractivity contribution in [1.82, 2.24) is 30.7 Å². The van der Waals surface area contributed by atoms with Crippen LogP contribution in [0.2, 0.25) is 0 Å². The van der Waals surface area contributed by atoms with Gasteiger partial charge < -0.3 is 36.5 Å². The number of unbranched alkanes of at least 4 members (excludes halogenated alkanes) is 5. The Balaban J connectivity index is 0.000000801. The van der Waals surface area contributed by atoms with Crippen LogP contribution < -0.4 is 27.0 Å². The number of piperidine rings is 1. The van der Waals surface area contributed by atoms with Crippen molar-refractivity contribution >= 4 is 46.2 Å². The average molecular weight is 766 g/mol. The second-order valence-corrected chi connectivity index (χ2v) is 15.1. The molecule has 2 aliphatic rings. The van der Waals surface area contributed by atoms with Gasteiger partial charge in [-0.05, 0) is 69.5 Å². The van der Waals surface area contributed by atoms with Crippen molar-refractivity contribution in [1.29, 1.82) is 0 Å². The van der Waals surface area contributed by atoms with Gasteiger partial charge in [-0.25, -0.2) is 0 Å². The van der Waals surface area contributed by atoms with E-state index in [2.05, 4.69) is 28.2 Å². The third-order valence-electron chi connectivity index (χ3n) is 10.8. The van der Waals surface area contributed by atoms with Crippen molar-refractivity contribution in [3.8, 4) is 0 Å². The number of nitrogens with one attached hydrogen (secondary N) is 4. The van der Waals surface area contributed by atoms with Crippen molar-refractivity contribution < 1.29 is 28.8 Å². The van der Waals surface area contributed by atoms with Gasteiger partial charge in [0, 0.05) is 49.5 Å². The molecule has 2 fully saturated rings. The first-order valence-corrected chi connectivity index (χ1v) is 20.7. The number of hydrogen-bond donors (Lipinski definition) is 5. The molecule has 13 heteroatoms. The zero-order valence-corrected chi connectivity index (χ0v) is 33.9. The fraction of sp³-hybridized carbons (Fsp3) is 0.667. The van der Waals surface area contributed by atoms with Gasteiger partial charge in [-0.3, -0.25) is 28.8 Å². The van der Waals surface area contributed by atoms with Crippen molar-refractivity contribution in [2.45, 2.75) is 155 Å². The molecule has 0 saturated carbocycles. The molecule has 306 valence electrons. The summed E-state index contributed by atoms with van der Waals surface area (Å²) in [6.07, 6.45) is 13.6. The van der Waals surface area contributed by atoms with Crippen LogP contribution in [0.5, 0.6) is 0 Å². The quantitative estimate of drug-likeness (QED) is 0.149. The summed E-state index contributed by atoms with van der Waals surface area (Å²) >= 11 is 0. The number of fused-ring (bicyclic) bond motifs is 2. The fourth-order valence-electron chi connectivity index (χ4n) is 7.11. The minimum Gasteiger partial charge on any atom is -0.355 e. The minimum absolute atomic E-state index is 0.108. The number of nitrogens with zero attached hydrogens (tertiary/aromatic N) is 2. The lowest BCUT2D eigenvalue weighted by Crippen LogP contribution is -2.64. The lowest BCUT2D eigenvalue weighted by Gasteiger charge is -2.39. The Kier molecular flexibility index (Phi) is 19.4. The maximum atomic E-state index is 14.0. The van der Waals surface area contributed by atoms with Crippen molar-refractivity contribution in [2.24, 2.45) is 11.7 Å². The summed E-state index contributed by atoms with van der Waals surface area (Å²) in [4.78, 5) is 79.6. The highest BCUT2D eigenvalue weighted by Gasteiger charge is 2.40. The molecule has 1 aromatic heterocycles. The molecular weight excluding hydrogens is 699 g/mol. The highest BCUT2D eigenvalue weighted by atomic mass is 16.2. The smallest absolute Gasteiger partial charge is 0.246 e. The first kappa shape index (κ1) is 45.1. The molecule has 0 bridgehead atoms. The second kappa shape index (κ2) is 23.6. The molecule has 4 rings (SSSR count). The predicted molar refractivity (Wildman–Crippen MR) is 216 cm³/mol. The largest absolute Gasteiger partial charge is 0.355 e. The zero-order valence-electron chi connectivity index (χ0n) is 33.9. The van der Waals surface area contributed by atoms with E-state index in [4.69, 9.17) is 5.73 Å². The Bertz CT molecular complexity index is 1570. The van der Waals surface area contributed by atoms with E-state index in [1.54, 1.807) is 11.8 Å². The topological polar surface area (TPSA) is 185 Å². The number of nitrogens with two attached hydrogens (primary N) is 1. The van der Waals surface area contributed by atoms with Crippen molar-refractivity contribution in [2.75, 3.05) is 19.6 Å². The molecule has 5 amide bonds. The number of carbonyl (C=O) groups is 6. The zero-order chi connectivity index (χ0) is 40.3. The van der Waals surface area contributed by atoms with E-state index in [0.717, 1.165) is 67.8 Å². The van der Waals surface area contributed by atoms with Crippen molar-refractivity contribution in [3.63, 3.8) is 0 Å². The number of hydrogen-bond acceptors (Lipinski definition) is 7. The molecule has 3 heterocycles. The van der Waals surface area contributed by atoms with Gasteiger partial charge in [0.25, 0.3) is 0 Å². The Morgan fingerprint density at radius 1 is 0.909 bits per heavy atom. The Hall–Kier alpha value is -4.26. The lowest BCUT2D eigenvalue weighted by atomic mass is 9.93. The monoisotopic (exact) mass is 766 g/mol.